The number of nitrogens with two attached hydrogens (primary N) is 1. The van der Waals surface area contributed by atoms with Crippen LogP contribution in [0.4, 0.5) is 11.5 Å². The van der Waals surface area contributed by atoms with E-state index in [0.717, 1.165) is 27.8 Å². The molecule has 0 unspecified atom stereocenters. The van der Waals surface area contributed by atoms with E-state index in [9.17, 15) is 0 Å². The Labute approximate surface area is 117 Å². The Morgan fingerprint density at radius 1 is 1.10 bits per heavy atom. The van der Waals surface area contributed by atoms with E-state index >= 15 is 0 Å². The lowest BCUT2D eigenvalue weighted by Gasteiger charge is -2.20. The summed E-state index contributed by atoms with van der Waals surface area (Å²) in [6.07, 6.45) is 1.78. The Morgan fingerprint density at radius 3 is 2.80 bits per heavy atom. The van der Waals surface area contributed by atoms with Crippen molar-refractivity contribution in [3.8, 4) is 0 Å². The molecule has 3 aromatic rings. The zero-order valence-corrected chi connectivity index (χ0v) is 11.3. The molecule has 0 aliphatic carbocycles. The van der Waals surface area contributed by atoms with Crippen molar-refractivity contribution >= 4 is 22.3 Å². The van der Waals surface area contributed by atoms with Gasteiger partial charge in [0.2, 0.25) is 0 Å². The zero-order valence-electron chi connectivity index (χ0n) is 11.3. The maximum absolute atomic E-state index is 5.70. The van der Waals surface area contributed by atoms with Crippen molar-refractivity contribution in [1.82, 2.24) is 10.2 Å². The van der Waals surface area contributed by atoms with Crippen LogP contribution in [0, 0.1) is 0 Å². The van der Waals surface area contributed by atoms with Crippen LogP contribution >= 0.6 is 0 Å². The summed E-state index contributed by atoms with van der Waals surface area (Å²) >= 11 is 0. The van der Waals surface area contributed by atoms with E-state index in [4.69, 9.17) is 5.73 Å². The minimum Gasteiger partial charge on any atom is -0.327 e. The first-order chi connectivity index (χ1) is 9.79. The average Bonchev–Trinajstić information content (AvgIpc) is 2.53. The molecule has 0 spiro atoms. The van der Waals surface area contributed by atoms with Crippen LogP contribution in [0.2, 0.25) is 0 Å². The van der Waals surface area contributed by atoms with E-state index in [1.165, 1.54) is 0 Å². The van der Waals surface area contributed by atoms with Gasteiger partial charge in [-0.05, 0) is 17.7 Å². The smallest absolute Gasteiger partial charge is 0.163 e. The summed E-state index contributed by atoms with van der Waals surface area (Å²) in [5.41, 5.74) is 7.86. The van der Waals surface area contributed by atoms with Crippen LogP contribution in [0.5, 0.6) is 0 Å². The van der Waals surface area contributed by atoms with Gasteiger partial charge in [0, 0.05) is 30.1 Å². The SMILES string of the molecule is CN(c1cccc(CN)c1)c1nncc2ccccc12. The molecule has 0 saturated heterocycles. The van der Waals surface area contributed by atoms with Crippen LogP contribution in [0.3, 0.4) is 0 Å². The highest BCUT2D eigenvalue weighted by atomic mass is 15.2. The highest BCUT2D eigenvalue weighted by Crippen LogP contribution is 2.28. The van der Waals surface area contributed by atoms with E-state index in [1.807, 2.05) is 48.3 Å². The van der Waals surface area contributed by atoms with Gasteiger partial charge in [0.1, 0.15) is 0 Å². The van der Waals surface area contributed by atoms with Gasteiger partial charge in [-0.15, -0.1) is 5.10 Å². The minimum absolute atomic E-state index is 0.531. The Bertz CT molecular complexity index is 734. The number of benzene rings is 2. The molecular formula is C16H16N4. The second kappa shape index (κ2) is 5.27. The summed E-state index contributed by atoms with van der Waals surface area (Å²) in [5.74, 6) is 0.845. The highest BCUT2D eigenvalue weighted by molar-refractivity contribution is 5.92. The predicted octanol–water partition coefficient (Wildman–Crippen LogP) is 2.86. The van der Waals surface area contributed by atoms with Crippen molar-refractivity contribution in [1.29, 1.82) is 0 Å². The zero-order chi connectivity index (χ0) is 13.9. The molecule has 0 aliphatic rings. The number of anilines is 2. The summed E-state index contributed by atoms with van der Waals surface area (Å²) in [6.45, 7) is 0.531. The van der Waals surface area contributed by atoms with E-state index in [2.05, 4.69) is 22.3 Å². The Morgan fingerprint density at radius 2 is 1.95 bits per heavy atom. The van der Waals surface area contributed by atoms with Gasteiger partial charge in [-0.3, -0.25) is 0 Å². The van der Waals surface area contributed by atoms with Crippen LogP contribution in [0.25, 0.3) is 10.8 Å². The first kappa shape index (κ1) is 12.6. The molecule has 1 aromatic heterocycles. The fourth-order valence-electron chi connectivity index (χ4n) is 2.27. The summed E-state index contributed by atoms with van der Waals surface area (Å²) < 4.78 is 0. The summed E-state index contributed by atoms with van der Waals surface area (Å²) in [4.78, 5) is 2.04. The molecule has 0 fully saturated rings. The molecule has 4 nitrogen and oxygen atoms in total. The van der Waals surface area contributed by atoms with Gasteiger partial charge < -0.3 is 10.6 Å². The van der Waals surface area contributed by atoms with E-state index in [1.54, 1.807) is 6.20 Å². The van der Waals surface area contributed by atoms with Crippen LogP contribution in [0.1, 0.15) is 5.56 Å². The molecule has 0 radical (unpaired) electrons. The van der Waals surface area contributed by atoms with Crippen LogP contribution < -0.4 is 10.6 Å². The van der Waals surface area contributed by atoms with Crippen molar-refractivity contribution in [3.05, 3.63) is 60.3 Å². The van der Waals surface area contributed by atoms with Gasteiger partial charge >= 0.3 is 0 Å². The molecule has 0 saturated carbocycles. The van der Waals surface area contributed by atoms with Gasteiger partial charge in [0.15, 0.2) is 5.82 Å². The first-order valence-corrected chi connectivity index (χ1v) is 6.53. The molecular weight excluding hydrogens is 248 g/mol. The van der Waals surface area contributed by atoms with E-state index in [-0.39, 0.29) is 0 Å². The molecule has 3 rings (SSSR count). The second-order valence-corrected chi connectivity index (χ2v) is 4.69. The average molecular weight is 264 g/mol. The quantitative estimate of drug-likeness (QED) is 0.790. The highest BCUT2D eigenvalue weighted by Gasteiger charge is 2.10. The van der Waals surface area contributed by atoms with Gasteiger partial charge in [-0.25, -0.2) is 0 Å². The maximum Gasteiger partial charge on any atom is 0.163 e. The number of fused-ring (bicyclic) bond motifs is 1. The lowest BCUT2D eigenvalue weighted by molar-refractivity contribution is 1.00. The number of aromatic nitrogens is 2. The fraction of sp³-hybridized carbons (Fsp3) is 0.125. The first-order valence-electron chi connectivity index (χ1n) is 6.53. The predicted molar refractivity (Wildman–Crippen MR) is 81.9 cm³/mol. The van der Waals surface area contributed by atoms with Crippen molar-refractivity contribution in [2.45, 2.75) is 6.54 Å². The molecule has 0 atom stereocenters. The Hall–Kier alpha value is -2.46. The van der Waals surface area contributed by atoms with Crippen LogP contribution in [-0.2, 0) is 6.54 Å². The fourth-order valence-corrected chi connectivity index (χ4v) is 2.27. The number of nitrogens with zero attached hydrogens (tertiary/aromatic N) is 3. The molecule has 2 aromatic carbocycles. The lowest BCUT2D eigenvalue weighted by Crippen LogP contribution is -2.13. The van der Waals surface area contributed by atoms with E-state index in [0.29, 0.717) is 6.54 Å². The van der Waals surface area contributed by atoms with Crippen LogP contribution in [-0.4, -0.2) is 17.2 Å². The van der Waals surface area contributed by atoms with Crippen molar-refractivity contribution in [2.75, 3.05) is 11.9 Å². The monoisotopic (exact) mass is 264 g/mol. The summed E-state index contributed by atoms with van der Waals surface area (Å²) in [5, 5.41) is 10.5. The molecule has 100 valence electrons. The second-order valence-electron chi connectivity index (χ2n) is 4.69. The summed E-state index contributed by atoms with van der Waals surface area (Å²) in [6, 6.07) is 16.3. The molecule has 0 amide bonds. The molecule has 0 bridgehead atoms. The third kappa shape index (κ3) is 2.21. The normalized spacial score (nSPS) is 10.7. The standard InChI is InChI=1S/C16H16N4/c1-20(14-7-4-5-12(9-14)10-17)16-15-8-3-2-6-13(15)11-18-19-16/h2-9,11H,10,17H2,1H3. The summed E-state index contributed by atoms with van der Waals surface area (Å²) in [7, 11) is 1.99. The topological polar surface area (TPSA) is 55.0 Å². The Balaban J connectivity index is 2.10. The van der Waals surface area contributed by atoms with Gasteiger partial charge in [-0.1, -0.05) is 36.4 Å². The number of hydrogen-bond donors (Lipinski definition) is 1. The van der Waals surface area contributed by atoms with Crippen LogP contribution in [0.15, 0.2) is 54.7 Å². The number of hydrogen-bond acceptors (Lipinski definition) is 4. The molecule has 1 heterocycles. The minimum atomic E-state index is 0.531. The number of rotatable bonds is 3. The third-order valence-electron chi connectivity index (χ3n) is 3.40. The van der Waals surface area contributed by atoms with E-state index < -0.39 is 0 Å². The largest absolute Gasteiger partial charge is 0.327 e. The third-order valence-corrected chi connectivity index (χ3v) is 3.40. The van der Waals surface area contributed by atoms with Crippen molar-refractivity contribution in [3.63, 3.8) is 0 Å². The van der Waals surface area contributed by atoms with Crippen molar-refractivity contribution in [2.24, 2.45) is 5.73 Å². The van der Waals surface area contributed by atoms with Gasteiger partial charge in [0.05, 0.1) is 6.20 Å². The molecule has 0 aliphatic heterocycles. The molecule has 2 N–H and O–H groups in total. The van der Waals surface area contributed by atoms with Gasteiger partial charge in [0.25, 0.3) is 0 Å². The maximum atomic E-state index is 5.70. The van der Waals surface area contributed by atoms with Crippen molar-refractivity contribution < 1.29 is 0 Å². The molecule has 4 heteroatoms. The Kier molecular flexibility index (Phi) is 3.31. The lowest BCUT2D eigenvalue weighted by atomic mass is 10.1. The molecule has 20 heavy (non-hydrogen) atoms. The van der Waals surface area contributed by atoms with Gasteiger partial charge in [-0.2, -0.15) is 5.10 Å².